The predicted molar refractivity (Wildman–Crippen MR) is 79.7 cm³/mol. The first kappa shape index (κ1) is 15.6. The van der Waals surface area contributed by atoms with Crippen molar-refractivity contribution in [2.75, 3.05) is 30.7 Å². The average molecular weight is 313 g/mol. The largest absolute Gasteiger partial charge is 0.469 e. The fourth-order valence-corrected chi connectivity index (χ4v) is 3.52. The van der Waals surface area contributed by atoms with Gasteiger partial charge in [-0.15, -0.1) is 0 Å². The first-order valence-electron chi connectivity index (χ1n) is 6.63. The molecule has 1 aromatic rings. The number of hydrogen-bond acceptors (Lipinski definition) is 5. The lowest BCUT2D eigenvalue weighted by Crippen LogP contribution is -2.43. The second kappa shape index (κ2) is 6.31. The Morgan fingerprint density at radius 1 is 1.29 bits per heavy atom. The second-order valence-electron chi connectivity index (χ2n) is 4.93. The Bertz CT molecular complexity index is 592. The Morgan fingerprint density at radius 2 is 1.86 bits per heavy atom. The number of nitrogens with zero attached hydrogens (tertiary/aromatic N) is 1. The van der Waals surface area contributed by atoms with Crippen LogP contribution in [-0.2, 0) is 19.7 Å². The van der Waals surface area contributed by atoms with Gasteiger partial charge in [-0.25, -0.2) is 0 Å². The highest BCUT2D eigenvalue weighted by Gasteiger charge is 2.31. The normalized spacial score (nSPS) is 17.4. The van der Waals surface area contributed by atoms with Crippen molar-refractivity contribution < 1.29 is 17.9 Å². The van der Waals surface area contributed by atoms with Crippen LogP contribution in [0.5, 0.6) is 0 Å². The maximum atomic E-state index is 12.3. The van der Waals surface area contributed by atoms with Crippen molar-refractivity contribution >= 4 is 27.6 Å². The van der Waals surface area contributed by atoms with E-state index in [1.807, 2.05) is 0 Å². The van der Waals surface area contributed by atoms with Crippen LogP contribution in [0.4, 0.5) is 11.4 Å². The number of ether oxygens (including phenoxy) is 1. The van der Waals surface area contributed by atoms with Gasteiger partial charge in [0.05, 0.1) is 13.0 Å². The summed E-state index contributed by atoms with van der Waals surface area (Å²) in [5, 5.41) is 0. The van der Waals surface area contributed by atoms with E-state index in [0.717, 1.165) is 0 Å². The molecule has 3 N–H and O–H groups in total. The fraction of sp³-hybridized carbons (Fsp3) is 0.462. The molecule has 0 aromatic heterocycles. The summed E-state index contributed by atoms with van der Waals surface area (Å²) in [7, 11) is -2.27. The van der Waals surface area contributed by atoms with Gasteiger partial charge in [-0.1, -0.05) is 0 Å². The van der Waals surface area contributed by atoms with Crippen molar-refractivity contribution in [3.05, 3.63) is 24.3 Å². The van der Waals surface area contributed by atoms with Crippen LogP contribution in [0.1, 0.15) is 12.8 Å². The third-order valence-electron chi connectivity index (χ3n) is 3.49. The zero-order chi connectivity index (χ0) is 15.5. The standard InChI is InChI=1S/C13H19N3O4S/c1-20-13(17)10-6-8-16(9-7-10)21(18,19)15-12-4-2-11(14)3-5-12/h2-5,10,15H,6-9,14H2,1H3. The number of carbonyl (C=O) groups excluding carboxylic acids is 1. The van der Waals surface area contributed by atoms with E-state index in [0.29, 0.717) is 37.3 Å². The van der Waals surface area contributed by atoms with E-state index >= 15 is 0 Å². The fourth-order valence-electron chi connectivity index (χ4n) is 2.26. The Balaban J connectivity index is 1.98. The summed E-state index contributed by atoms with van der Waals surface area (Å²) in [4.78, 5) is 11.4. The number of anilines is 2. The maximum Gasteiger partial charge on any atom is 0.308 e. The summed E-state index contributed by atoms with van der Waals surface area (Å²) in [6.45, 7) is 0.591. The van der Waals surface area contributed by atoms with E-state index in [2.05, 4.69) is 9.46 Å². The molecule has 0 atom stereocenters. The molecule has 7 nitrogen and oxygen atoms in total. The van der Waals surface area contributed by atoms with Crippen LogP contribution in [0, 0.1) is 5.92 Å². The highest BCUT2D eigenvalue weighted by molar-refractivity contribution is 7.90. The third-order valence-corrected chi connectivity index (χ3v) is 5.02. The molecule has 1 saturated heterocycles. The van der Waals surface area contributed by atoms with E-state index < -0.39 is 10.2 Å². The Hall–Kier alpha value is -1.80. The predicted octanol–water partition coefficient (Wildman–Crippen LogP) is 0.810. The van der Waals surface area contributed by atoms with Gasteiger partial charge in [0.2, 0.25) is 0 Å². The minimum Gasteiger partial charge on any atom is -0.469 e. The molecule has 0 bridgehead atoms. The molecule has 0 unspecified atom stereocenters. The molecule has 8 heteroatoms. The van der Waals surface area contributed by atoms with Crippen LogP contribution in [0.25, 0.3) is 0 Å². The van der Waals surface area contributed by atoms with Crippen molar-refractivity contribution in [2.45, 2.75) is 12.8 Å². The Labute approximate surface area is 124 Å². The summed E-state index contributed by atoms with van der Waals surface area (Å²) in [5.74, 6) is -0.503. The molecule has 1 fully saturated rings. The molecule has 1 aliphatic heterocycles. The van der Waals surface area contributed by atoms with E-state index in [-0.39, 0.29) is 11.9 Å². The van der Waals surface area contributed by atoms with Crippen molar-refractivity contribution in [3.63, 3.8) is 0 Å². The number of esters is 1. The summed E-state index contributed by atoms with van der Waals surface area (Å²) in [6.07, 6.45) is 0.935. The van der Waals surface area contributed by atoms with Crippen molar-refractivity contribution in [3.8, 4) is 0 Å². The van der Waals surface area contributed by atoms with E-state index in [9.17, 15) is 13.2 Å². The number of nitrogen functional groups attached to an aromatic ring is 1. The van der Waals surface area contributed by atoms with E-state index in [4.69, 9.17) is 5.73 Å². The molecule has 0 radical (unpaired) electrons. The van der Waals surface area contributed by atoms with Crippen LogP contribution < -0.4 is 10.5 Å². The summed E-state index contributed by atoms with van der Waals surface area (Å²) in [6, 6.07) is 6.46. The molecule has 116 valence electrons. The van der Waals surface area contributed by atoms with Gasteiger partial charge < -0.3 is 10.5 Å². The highest BCUT2D eigenvalue weighted by atomic mass is 32.2. The smallest absolute Gasteiger partial charge is 0.308 e. The minimum atomic E-state index is -3.61. The topological polar surface area (TPSA) is 102 Å². The molecule has 1 heterocycles. The first-order chi connectivity index (χ1) is 9.92. The van der Waals surface area contributed by atoms with Gasteiger partial charge in [0, 0.05) is 24.5 Å². The van der Waals surface area contributed by atoms with Crippen LogP contribution in [0.2, 0.25) is 0 Å². The zero-order valence-electron chi connectivity index (χ0n) is 11.8. The number of rotatable bonds is 4. The quantitative estimate of drug-likeness (QED) is 0.632. The lowest BCUT2D eigenvalue weighted by molar-refractivity contribution is -0.146. The average Bonchev–Trinajstić information content (AvgIpc) is 2.49. The number of carbonyl (C=O) groups is 1. The molecular formula is C13H19N3O4S. The van der Waals surface area contributed by atoms with E-state index in [1.54, 1.807) is 24.3 Å². The highest BCUT2D eigenvalue weighted by Crippen LogP contribution is 2.22. The zero-order valence-corrected chi connectivity index (χ0v) is 12.6. The third kappa shape index (κ3) is 3.85. The minimum absolute atomic E-state index is 0.224. The van der Waals surface area contributed by atoms with E-state index in [1.165, 1.54) is 11.4 Å². The summed E-state index contributed by atoms with van der Waals surface area (Å²) < 4.78 is 33.0. The summed E-state index contributed by atoms with van der Waals surface area (Å²) in [5.41, 5.74) is 6.58. The lowest BCUT2D eigenvalue weighted by Gasteiger charge is -2.29. The van der Waals surface area contributed by atoms with Gasteiger partial charge in [-0.2, -0.15) is 12.7 Å². The van der Waals surface area contributed by atoms with Gasteiger partial charge in [0.1, 0.15) is 0 Å². The molecule has 0 aliphatic carbocycles. The number of methoxy groups -OCH3 is 1. The van der Waals surface area contributed by atoms with Gasteiger partial charge in [-0.05, 0) is 37.1 Å². The molecular weight excluding hydrogens is 294 g/mol. The number of nitrogens with one attached hydrogen (secondary N) is 1. The van der Waals surface area contributed by atoms with Crippen LogP contribution in [-0.4, -0.2) is 38.9 Å². The molecule has 21 heavy (non-hydrogen) atoms. The molecule has 0 saturated carbocycles. The number of piperidine rings is 1. The van der Waals surface area contributed by atoms with Crippen LogP contribution in [0.3, 0.4) is 0 Å². The number of hydrogen-bond donors (Lipinski definition) is 2. The Morgan fingerprint density at radius 3 is 2.38 bits per heavy atom. The maximum absolute atomic E-state index is 12.3. The van der Waals surface area contributed by atoms with Crippen molar-refractivity contribution in [2.24, 2.45) is 5.92 Å². The van der Waals surface area contributed by atoms with Crippen LogP contribution >= 0.6 is 0 Å². The summed E-state index contributed by atoms with van der Waals surface area (Å²) >= 11 is 0. The lowest BCUT2D eigenvalue weighted by atomic mass is 9.99. The molecule has 1 aromatic carbocycles. The number of nitrogens with two attached hydrogens (primary N) is 1. The Kier molecular flexibility index (Phi) is 4.69. The van der Waals surface area contributed by atoms with Gasteiger partial charge in [-0.3, -0.25) is 9.52 Å². The molecule has 1 aliphatic rings. The number of benzene rings is 1. The molecule has 0 amide bonds. The van der Waals surface area contributed by atoms with Gasteiger partial charge in [0.25, 0.3) is 0 Å². The first-order valence-corrected chi connectivity index (χ1v) is 8.07. The SMILES string of the molecule is COC(=O)C1CCN(S(=O)(=O)Nc2ccc(N)cc2)CC1. The van der Waals surface area contributed by atoms with Crippen molar-refractivity contribution in [1.29, 1.82) is 0 Å². The monoisotopic (exact) mass is 313 g/mol. The van der Waals surface area contributed by atoms with Crippen molar-refractivity contribution in [1.82, 2.24) is 4.31 Å². The molecule has 2 rings (SSSR count). The molecule has 0 spiro atoms. The second-order valence-corrected chi connectivity index (χ2v) is 6.60. The van der Waals surface area contributed by atoms with Crippen LogP contribution in [0.15, 0.2) is 24.3 Å². The van der Waals surface area contributed by atoms with Gasteiger partial charge in [0.15, 0.2) is 0 Å². The van der Waals surface area contributed by atoms with Gasteiger partial charge >= 0.3 is 16.2 Å².